The Kier molecular flexibility index (Phi) is 9.18. The molecule has 6 nitrogen and oxygen atoms in total. The average Bonchev–Trinajstić information content (AvgIpc) is 2.77. The molecule has 6 heteroatoms. The van der Waals surface area contributed by atoms with Crippen molar-refractivity contribution in [2.45, 2.75) is 45.1 Å². The first-order chi connectivity index (χ1) is 14.7. The molecule has 1 saturated heterocycles. The predicted octanol–water partition coefficient (Wildman–Crippen LogP) is 3.60. The first-order valence-electron chi connectivity index (χ1n) is 11.4. The van der Waals surface area contributed by atoms with Crippen LogP contribution in [0.1, 0.15) is 39.0 Å². The van der Waals surface area contributed by atoms with Gasteiger partial charge in [0.05, 0.1) is 24.4 Å². The first-order valence-corrected chi connectivity index (χ1v) is 11.4. The second-order valence-corrected chi connectivity index (χ2v) is 8.41. The number of aliphatic hydroxyl groups is 1. The van der Waals surface area contributed by atoms with Gasteiger partial charge >= 0.3 is 0 Å². The van der Waals surface area contributed by atoms with Crippen LogP contribution in [0, 0.1) is 0 Å². The molecule has 1 aromatic carbocycles. The van der Waals surface area contributed by atoms with E-state index < -0.39 is 0 Å². The SMILES string of the molecule is COc1cc(NCCCCCCN2CCN(CCC(C)O)CC2)c2ncccc2c1. The van der Waals surface area contributed by atoms with Crippen molar-refractivity contribution in [2.24, 2.45) is 0 Å². The van der Waals surface area contributed by atoms with E-state index in [1.807, 2.05) is 31.3 Å². The maximum Gasteiger partial charge on any atom is 0.121 e. The van der Waals surface area contributed by atoms with E-state index in [2.05, 4.69) is 26.2 Å². The van der Waals surface area contributed by atoms with Gasteiger partial charge in [-0.15, -0.1) is 0 Å². The number of unbranched alkanes of at least 4 members (excludes halogenated alkanes) is 3. The Hall–Kier alpha value is -1.89. The molecule has 0 radical (unpaired) electrons. The van der Waals surface area contributed by atoms with Crippen molar-refractivity contribution in [3.05, 3.63) is 30.5 Å². The lowest BCUT2D eigenvalue weighted by atomic mass is 10.1. The zero-order valence-corrected chi connectivity index (χ0v) is 18.6. The Morgan fingerprint density at radius 1 is 1.07 bits per heavy atom. The van der Waals surface area contributed by atoms with E-state index in [0.717, 1.165) is 68.0 Å². The number of aliphatic hydroxyl groups excluding tert-OH is 1. The zero-order chi connectivity index (χ0) is 21.2. The molecule has 0 amide bonds. The summed E-state index contributed by atoms with van der Waals surface area (Å²) in [6.07, 6.45) is 7.51. The Morgan fingerprint density at radius 2 is 1.80 bits per heavy atom. The maximum atomic E-state index is 9.42. The van der Waals surface area contributed by atoms with Crippen molar-refractivity contribution in [1.82, 2.24) is 14.8 Å². The Labute approximate surface area is 181 Å². The van der Waals surface area contributed by atoms with Gasteiger partial charge in [-0.1, -0.05) is 18.9 Å². The number of hydrogen-bond acceptors (Lipinski definition) is 6. The monoisotopic (exact) mass is 414 g/mol. The average molecular weight is 415 g/mol. The summed E-state index contributed by atoms with van der Waals surface area (Å²) in [5.41, 5.74) is 2.06. The van der Waals surface area contributed by atoms with Crippen molar-refractivity contribution in [2.75, 3.05) is 58.2 Å². The molecule has 1 atom stereocenters. The molecule has 166 valence electrons. The zero-order valence-electron chi connectivity index (χ0n) is 18.6. The van der Waals surface area contributed by atoms with Crippen LogP contribution in [0.2, 0.25) is 0 Å². The number of hydrogen-bond donors (Lipinski definition) is 2. The summed E-state index contributed by atoms with van der Waals surface area (Å²) >= 11 is 0. The highest BCUT2D eigenvalue weighted by molar-refractivity contribution is 5.91. The Bertz CT molecular complexity index is 760. The summed E-state index contributed by atoms with van der Waals surface area (Å²) < 4.78 is 5.42. The fraction of sp³-hybridized carbons (Fsp3) is 0.625. The lowest BCUT2D eigenvalue weighted by molar-refractivity contribution is 0.107. The number of methoxy groups -OCH3 is 1. The molecule has 1 aromatic heterocycles. The van der Waals surface area contributed by atoms with Crippen molar-refractivity contribution < 1.29 is 9.84 Å². The number of pyridine rings is 1. The number of aromatic nitrogens is 1. The summed E-state index contributed by atoms with van der Waals surface area (Å²) in [5, 5.41) is 14.1. The van der Waals surface area contributed by atoms with Gasteiger partial charge in [-0.3, -0.25) is 4.98 Å². The topological polar surface area (TPSA) is 60.9 Å². The lowest BCUT2D eigenvalue weighted by Crippen LogP contribution is -2.47. The van der Waals surface area contributed by atoms with E-state index in [1.165, 1.54) is 32.2 Å². The molecule has 0 aliphatic carbocycles. The molecule has 1 unspecified atom stereocenters. The number of anilines is 1. The minimum atomic E-state index is -0.184. The third-order valence-corrected chi connectivity index (χ3v) is 5.96. The van der Waals surface area contributed by atoms with Gasteiger partial charge in [0.2, 0.25) is 0 Å². The number of nitrogens with one attached hydrogen (secondary N) is 1. The molecule has 1 aliphatic rings. The van der Waals surface area contributed by atoms with Crippen molar-refractivity contribution in [1.29, 1.82) is 0 Å². The van der Waals surface area contributed by atoms with Crippen LogP contribution in [0.3, 0.4) is 0 Å². The molecule has 0 saturated carbocycles. The maximum absolute atomic E-state index is 9.42. The van der Waals surface area contributed by atoms with E-state index in [9.17, 15) is 5.11 Å². The molecule has 1 aliphatic heterocycles. The molecular formula is C24H38N4O2. The minimum absolute atomic E-state index is 0.184. The molecular weight excluding hydrogens is 376 g/mol. The Morgan fingerprint density at radius 3 is 2.53 bits per heavy atom. The number of benzene rings is 1. The van der Waals surface area contributed by atoms with Crippen LogP contribution < -0.4 is 10.1 Å². The number of nitrogens with zero attached hydrogens (tertiary/aromatic N) is 3. The molecule has 2 heterocycles. The molecule has 1 fully saturated rings. The third kappa shape index (κ3) is 7.11. The van der Waals surface area contributed by atoms with E-state index in [4.69, 9.17) is 4.74 Å². The van der Waals surface area contributed by atoms with Crippen LogP contribution in [0.5, 0.6) is 5.75 Å². The van der Waals surface area contributed by atoms with E-state index in [-0.39, 0.29) is 6.10 Å². The van der Waals surface area contributed by atoms with Gasteiger partial charge in [-0.2, -0.15) is 0 Å². The normalized spacial score (nSPS) is 16.6. The largest absolute Gasteiger partial charge is 0.497 e. The highest BCUT2D eigenvalue weighted by Crippen LogP contribution is 2.27. The van der Waals surface area contributed by atoms with E-state index in [0.29, 0.717) is 0 Å². The summed E-state index contributed by atoms with van der Waals surface area (Å²) in [4.78, 5) is 9.59. The van der Waals surface area contributed by atoms with Crippen LogP contribution in [0.15, 0.2) is 30.5 Å². The van der Waals surface area contributed by atoms with E-state index >= 15 is 0 Å². The molecule has 2 N–H and O–H groups in total. The lowest BCUT2D eigenvalue weighted by Gasteiger charge is -2.34. The Balaban J connectivity index is 1.28. The van der Waals surface area contributed by atoms with E-state index in [1.54, 1.807) is 7.11 Å². The number of piperazine rings is 1. The molecule has 0 spiro atoms. The van der Waals surface area contributed by atoms with Gasteiger partial charge < -0.3 is 25.0 Å². The standard InChI is InChI=1S/C24H38N4O2/c1-20(29)9-13-28-16-14-27(15-17-28)12-6-4-3-5-10-25-23-19-22(30-2)18-21-8-7-11-26-24(21)23/h7-8,11,18-20,25,29H,3-6,9-10,12-17H2,1-2H3. The van der Waals surface area contributed by atoms with Gasteiger partial charge in [0.25, 0.3) is 0 Å². The predicted molar refractivity (Wildman–Crippen MR) is 124 cm³/mol. The fourth-order valence-corrected chi connectivity index (χ4v) is 4.06. The third-order valence-electron chi connectivity index (χ3n) is 5.96. The summed E-state index contributed by atoms with van der Waals surface area (Å²) in [6.45, 7) is 9.67. The number of rotatable bonds is 12. The van der Waals surface area contributed by atoms with Gasteiger partial charge in [0, 0.05) is 56.9 Å². The van der Waals surface area contributed by atoms with Crippen molar-refractivity contribution in [3.63, 3.8) is 0 Å². The molecule has 2 aromatic rings. The second-order valence-electron chi connectivity index (χ2n) is 8.41. The highest BCUT2D eigenvalue weighted by atomic mass is 16.5. The molecule has 30 heavy (non-hydrogen) atoms. The summed E-state index contributed by atoms with van der Waals surface area (Å²) in [6, 6.07) is 8.10. The van der Waals surface area contributed by atoms with Crippen LogP contribution in [-0.4, -0.2) is 78.9 Å². The van der Waals surface area contributed by atoms with Crippen LogP contribution in [0.25, 0.3) is 10.9 Å². The first kappa shape index (κ1) is 22.8. The van der Waals surface area contributed by atoms with Gasteiger partial charge in [0.15, 0.2) is 0 Å². The highest BCUT2D eigenvalue weighted by Gasteiger charge is 2.16. The second kappa shape index (κ2) is 12.1. The number of fused-ring (bicyclic) bond motifs is 1. The van der Waals surface area contributed by atoms with Crippen LogP contribution in [0.4, 0.5) is 5.69 Å². The van der Waals surface area contributed by atoms with Crippen LogP contribution in [-0.2, 0) is 0 Å². The summed E-state index contributed by atoms with van der Waals surface area (Å²) in [5.74, 6) is 0.865. The number of ether oxygens (including phenoxy) is 1. The summed E-state index contributed by atoms with van der Waals surface area (Å²) in [7, 11) is 1.71. The van der Waals surface area contributed by atoms with Gasteiger partial charge in [-0.25, -0.2) is 0 Å². The van der Waals surface area contributed by atoms with Crippen molar-refractivity contribution >= 4 is 16.6 Å². The van der Waals surface area contributed by atoms with Gasteiger partial charge in [0.1, 0.15) is 5.75 Å². The van der Waals surface area contributed by atoms with Crippen LogP contribution >= 0.6 is 0 Å². The minimum Gasteiger partial charge on any atom is -0.497 e. The molecule has 3 rings (SSSR count). The van der Waals surface area contributed by atoms with Gasteiger partial charge in [-0.05, 0) is 44.9 Å². The molecule has 0 bridgehead atoms. The quantitative estimate of drug-likeness (QED) is 0.518. The fourth-order valence-electron chi connectivity index (χ4n) is 4.06. The smallest absolute Gasteiger partial charge is 0.121 e. The van der Waals surface area contributed by atoms with Crippen molar-refractivity contribution in [3.8, 4) is 5.75 Å².